The molecule has 0 saturated heterocycles. The maximum absolute atomic E-state index is 6.37. The molecule has 2 nitrogen and oxygen atoms in total. The zero-order valence-corrected chi connectivity index (χ0v) is 16.7. The number of hydrogen-bond acceptors (Lipinski definition) is 2. The highest BCUT2D eigenvalue weighted by atomic mass is 16.5. The van der Waals surface area contributed by atoms with Crippen LogP contribution in [-0.2, 0) is 6.42 Å². The molecule has 1 unspecified atom stereocenters. The standard InChI is InChI=1S/C26H30O2/c1-27-25-17-16-22(19-26(25)28-23-14-8-9-15-23)24(21-12-6-3-7-13-21)18-20-10-4-2-5-11-20/h2-7,10-12,16-17,19,21,23-24H,8-9,13-15,18H2,1H3/t21?,24-/m1/s1. The Hall–Kier alpha value is -2.48. The topological polar surface area (TPSA) is 18.5 Å². The Balaban J connectivity index is 1.64. The minimum atomic E-state index is 0.328. The van der Waals surface area contributed by atoms with E-state index in [1.807, 2.05) is 0 Å². The van der Waals surface area contributed by atoms with E-state index in [4.69, 9.17) is 9.47 Å². The summed E-state index contributed by atoms with van der Waals surface area (Å²) in [6.45, 7) is 0. The molecule has 0 radical (unpaired) electrons. The van der Waals surface area contributed by atoms with Gasteiger partial charge < -0.3 is 9.47 Å². The Morgan fingerprint density at radius 3 is 2.50 bits per heavy atom. The molecule has 2 aliphatic rings. The van der Waals surface area contributed by atoms with E-state index in [0.717, 1.165) is 37.2 Å². The Labute approximate surface area is 168 Å². The summed E-state index contributed by atoms with van der Waals surface area (Å²) >= 11 is 0. The van der Waals surface area contributed by atoms with Crippen molar-refractivity contribution in [1.29, 1.82) is 0 Å². The molecule has 0 amide bonds. The van der Waals surface area contributed by atoms with Gasteiger partial charge in [-0.15, -0.1) is 0 Å². The van der Waals surface area contributed by atoms with Gasteiger partial charge in [-0.05, 0) is 73.6 Å². The van der Waals surface area contributed by atoms with Crippen molar-refractivity contribution in [1.82, 2.24) is 0 Å². The molecule has 4 rings (SSSR count). The van der Waals surface area contributed by atoms with Crippen LogP contribution in [0.4, 0.5) is 0 Å². The molecule has 1 fully saturated rings. The average molecular weight is 375 g/mol. The molecular formula is C26H30O2. The third kappa shape index (κ3) is 4.49. The zero-order valence-electron chi connectivity index (χ0n) is 16.7. The summed E-state index contributed by atoms with van der Waals surface area (Å²) in [7, 11) is 1.73. The normalized spacial score (nSPS) is 20.2. The highest BCUT2D eigenvalue weighted by Gasteiger charge is 2.24. The third-order valence-electron chi connectivity index (χ3n) is 6.04. The first-order chi connectivity index (χ1) is 13.8. The zero-order chi connectivity index (χ0) is 19.2. The molecule has 2 aliphatic carbocycles. The van der Waals surface area contributed by atoms with Gasteiger partial charge in [-0.25, -0.2) is 0 Å². The van der Waals surface area contributed by atoms with Crippen LogP contribution in [0.15, 0.2) is 72.8 Å². The van der Waals surface area contributed by atoms with Gasteiger partial charge in [-0.2, -0.15) is 0 Å². The fourth-order valence-corrected chi connectivity index (χ4v) is 4.48. The molecule has 28 heavy (non-hydrogen) atoms. The predicted octanol–water partition coefficient (Wildman–Crippen LogP) is 6.48. The van der Waals surface area contributed by atoms with Crippen LogP contribution in [-0.4, -0.2) is 13.2 Å². The van der Waals surface area contributed by atoms with E-state index >= 15 is 0 Å². The smallest absolute Gasteiger partial charge is 0.161 e. The molecule has 0 aromatic heterocycles. The lowest BCUT2D eigenvalue weighted by molar-refractivity contribution is 0.200. The number of allylic oxidation sites excluding steroid dienone is 4. The minimum absolute atomic E-state index is 0.328. The van der Waals surface area contributed by atoms with E-state index in [0.29, 0.717) is 17.9 Å². The summed E-state index contributed by atoms with van der Waals surface area (Å²) in [4.78, 5) is 0. The summed E-state index contributed by atoms with van der Waals surface area (Å²) in [5.41, 5.74) is 2.71. The Kier molecular flexibility index (Phi) is 6.16. The SMILES string of the molecule is COc1ccc([C@H](Cc2ccccc2)C2C=CC=CC2)cc1OC1CCCC1. The molecule has 2 atom stereocenters. The van der Waals surface area contributed by atoms with Crippen molar-refractivity contribution in [2.24, 2.45) is 5.92 Å². The van der Waals surface area contributed by atoms with Crippen LogP contribution >= 0.6 is 0 Å². The highest BCUT2D eigenvalue weighted by Crippen LogP contribution is 2.39. The molecule has 0 N–H and O–H groups in total. The van der Waals surface area contributed by atoms with E-state index in [-0.39, 0.29) is 0 Å². The summed E-state index contributed by atoms with van der Waals surface area (Å²) in [5.74, 6) is 2.66. The second kappa shape index (κ2) is 9.14. The molecule has 0 aliphatic heterocycles. The van der Waals surface area contributed by atoms with Crippen molar-refractivity contribution in [3.8, 4) is 11.5 Å². The minimum Gasteiger partial charge on any atom is -0.493 e. The van der Waals surface area contributed by atoms with Crippen LogP contribution in [0.3, 0.4) is 0 Å². The Morgan fingerprint density at radius 1 is 0.964 bits per heavy atom. The number of methoxy groups -OCH3 is 1. The first kappa shape index (κ1) is 18.9. The maximum atomic E-state index is 6.37. The van der Waals surface area contributed by atoms with Gasteiger partial charge >= 0.3 is 0 Å². The van der Waals surface area contributed by atoms with Gasteiger partial charge in [0.05, 0.1) is 13.2 Å². The molecule has 0 heterocycles. The van der Waals surface area contributed by atoms with Crippen molar-refractivity contribution < 1.29 is 9.47 Å². The summed E-state index contributed by atoms with van der Waals surface area (Å²) in [6.07, 6.45) is 16.2. The first-order valence-corrected chi connectivity index (χ1v) is 10.6. The largest absolute Gasteiger partial charge is 0.493 e. The van der Waals surface area contributed by atoms with E-state index in [9.17, 15) is 0 Å². The van der Waals surface area contributed by atoms with Gasteiger partial charge in [0.15, 0.2) is 11.5 Å². The van der Waals surface area contributed by atoms with Crippen molar-refractivity contribution in [3.05, 3.63) is 84.0 Å². The first-order valence-electron chi connectivity index (χ1n) is 10.6. The van der Waals surface area contributed by atoms with Crippen LogP contribution in [0.5, 0.6) is 11.5 Å². The van der Waals surface area contributed by atoms with Gasteiger partial charge in [0, 0.05) is 0 Å². The average Bonchev–Trinajstić information content (AvgIpc) is 3.26. The van der Waals surface area contributed by atoms with Crippen LogP contribution < -0.4 is 9.47 Å². The van der Waals surface area contributed by atoms with E-state index in [1.54, 1.807) is 7.11 Å². The monoisotopic (exact) mass is 374 g/mol. The Morgan fingerprint density at radius 2 is 1.79 bits per heavy atom. The lowest BCUT2D eigenvalue weighted by atomic mass is 9.78. The van der Waals surface area contributed by atoms with Gasteiger partial charge in [0.25, 0.3) is 0 Å². The molecule has 2 aromatic rings. The van der Waals surface area contributed by atoms with Crippen LogP contribution in [0.25, 0.3) is 0 Å². The molecule has 0 bridgehead atoms. The summed E-state index contributed by atoms with van der Waals surface area (Å²) in [5, 5.41) is 0. The fraction of sp³-hybridized carbons (Fsp3) is 0.385. The van der Waals surface area contributed by atoms with Gasteiger partial charge in [0.1, 0.15) is 0 Å². The number of rotatable bonds is 7. The Bertz CT molecular complexity index is 816. The van der Waals surface area contributed by atoms with Crippen molar-refractivity contribution >= 4 is 0 Å². The van der Waals surface area contributed by atoms with Crippen molar-refractivity contribution in [2.75, 3.05) is 7.11 Å². The predicted molar refractivity (Wildman–Crippen MR) is 115 cm³/mol. The second-order valence-corrected chi connectivity index (χ2v) is 7.94. The van der Waals surface area contributed by atoms with Gasteiger partial charge in [-0.1, -0.05) is 60.7 Å². The molecular weight excluding hydrogens is 344 g/mol. The fourth-order valence-electron chi connectivity index (χ4n) is 4.48. The highest BCUT2D eigenvalue weighted by molar-refractivity contribution is 5.45. The van der Waals surface area contributed by atoms with Gasteiger partial charge in [-0.3, -0.25) is 0 Å². The van der Waals surface area contributed by atoms with E-state index in [1.165, 1.54) is 24.0 Å². The van der Waals surface area contributed by atoms with Crippen LogP contribution in [0.1, 0.15) is 49.1 Å². The molecule has 2 aromatic carbocycles. The molecule has 1 saturated carbocycles. The summed E-state index contributed by atoms with van der Waals surface area (Å²) in [6, 6.07) is 17.3. The van der Waals surface area contributed by atoms with Crippen molar-refractivity contribution in [3.63, 3.8) is 0 Å². The van der Waals surface area contributed by atoms with Crippen LogP contribution in [0.2, 0.25) is 0 Å². The number of ether oxygens (including phenoxy) is 2. The quantitative estimate of drug-likeness (QED) is 0.552. The van der Waals surface area contributed by atoms with Gasteiger partial charge in [0.2, 0.25) is 0 Å². The van der Waals surface area contributed by atoms with Crippen LogP contribution in [0, 0.1) is 5.92 Å². The number of benzene rings is 2. The maximum Gasteiger partial charge on any atom is 0.161 e. The number of hydrogen-bond donors (Lipinski definition) is 0. The van der Waals surface area contributed by atoms with Crippen molar-refractivity contribution in [2.45, 2.75) is 50.5 Å². The summed E-state index contributed by atoms with van der Waals surface area (Å²) < 4.78 is 12.0. The molecule has 2 heteroatoms. The lowest BCUT2D eigenvalue weighted by Crippen LogP contribution is -2.16. The van der Waals surface area contributed by atoms with E-state index in [2.05, 4.69) is 72.8 Å². The second-order valence-electron chi connectivity index (χ2n) is 7.94. The third-order valence-corrected chi connectivity index (χ3v) is 6.04. The lowest BCUT2D eigenvalue weighted by Gasteiger charge is -2.27. The molecule has 0 spiro atoms. The van der Waals surface area contributed by atoms with E-state index < -0.39 is 0 Å². The molecule has 146 valence electrons.